The number of sulfonamides is 1. The van der Waals surface area contributed by atoms with E-state index < -0.39 is 32.3 Å². The van der Waals surface area contributed by atoms with Crippen LogP contribution in [0.2, 0.25) is 0 Å². The summed E-state index contributed by atoms with van der Waals surface area (Å²) in [6.07, 6.45) is 1.85. The molecule has 0 spiro atoms. The van der Waals surface area contributed by atoms with Crippen LogP contribution in [0, 0.1) is 17.1 Å². The zero-order chi connectivity index (χ0) is 23.9. The first-order valence-electron chi connectivity index (χ1n) is 11.1. The third kappa shape index (κ3) is 4.08. The third-order valence-corrected chi connectivity index (χ3v) is 9.60. The largest absolute Gasteiger partial charge is 0.353 e. The van der Waals surface area contributed by atoms with Crippen LogP contribution >= 0.6 is 0 Å². The third-order valence-electron chi connectivity index (χ3n) is 7.23. The van der Waals surface area contributed by atoms with Gasteiger partial charge in [0, 0.05) is 45.2 Å². The highest BCUT2D eigenvalue weighted by Gasteiger charge is 2.57. The lowest BCUT2D eigenvalue weighted by atomic mass is 9.61. The number of rotatable bonds is 6. The highest BCUT2D eigenvalue weighted by Crippen LogP contribution is 2.52. The van der Waals surface area contributed by atoms with Gasteiger partial charge in [0.05, 0.1) is 11.5 Å². The minimum absolute atomic E-state index is 0.0431. The van der Waals surface area contributed by atoms with Crippen LogP contribution in [0.25, 0.3) is 0 Å². The number of hydrogen-bond acceptors (Lipinski definition) is 5. The highest BCUT2D eigenvalue weighted by atomic mass is 32.2. The maximum atomic E-state index is 15.2. The highest BCUT2D eigenvalue weighted by molar-refractivity contribution is 7.89. The molecule has 6 nitrogen and oxygen atoms in total. The van der Waals surface area contributed by atoms with Crippen LogP contribution < -0.4 is 0 Å². The molecule has 33 heavy (non-hydrogen) atoms. The monoisotopic (exact) mass is 472 g/mol. The Balaban J connectivity index is 1.59. The summed E-state index contributed by atoms with van der Waals surface area (Å²) in [6.45, 7) is 1.82. The van der Waals surface area contributed by atoms with Crippen molar-refractivity contribution < 1.29 is 22.3 Å². The molecule has 0 unspecified atom stereocenters. The summed E-state index contributed by atoms with van der Waals surface area (Å²) in [5.41, 5.74) is 0.701. The summed E-state index contributed by atoms with van der Waals surface area (Å²) in [5, 5.41) is 9.17. The Hall–Kier alpha value is -2.31. The molecule has 176 valence electrons. The SMILES string of the molecule is COC1(OC)CC(C#N)(c2ccc(CN3[C@@H](C)CC[C@H](c4ccccc4)S3(=O)=O)c(F)c2)C1. The van der Waals surface area contributed by atoms with Crippen LogP contribution in [0.15, 0.2) is 48.5 Å². The molecule has 2 aliphatic rings. The van der Waals surface area contributed by atoms with E-state index in [0.717, 1.165) is 5.56 Å². The summed E-state index contributed by atoms with van der Waals surface area (Å²) in [4.78, 5) is 0. The van der Waals surface area contributed by atoms with Crippen molar-refractivity contribution in [3.05, 3.63) is 71.0 Å². The van der Waals surface area contributed by atoms with Gasteiger partial charge in [0.25, 0.3) is 0 Å². The van der Waals surface area contributed by atoms with Crippen LogP contribution in [-0.4, -0.2) is 38.8 Å². The number of halogens is 1. The Kier molecular flexibility index (Phi) is 6.36. The Labute approximate surface area is 195 Å². The fourth-order valence-corrected chi connectivity index (χ4v) is 7.27. The van der Waals surface area contributed by atoms with E-state index in [2.05, 4.69) is 6.07 Å². The predicted molar refractivity (Wildman–Crippen MR) is 122 cm³/mol. The molecule has 4 rings (SSSR count). The molecule has 1 saturated carbocycles. The van der Waals surface area contributed by atoms with Gasteiger partial charge in [0.1, 0.15) is 11.1 Å². The minimum atomic E-state index is -3.66. The molecule has 1 aliphatic carbocycles. The molecule has 1 aliphatic heterocycles. The zero-order valence-electron chi connectivity index (χ0n) is 19.1. The van der Waals surface area contributed by atoms with Gasteiger partial charge in [-0.05, 0) is 37.0 Å². The molecule has 2 fully saturated rings. The molecular weight excluding hydrogens is 443 g/mol. The molecule has 1 saturated heterocycles. The van der Waals surface area contributed by atoms with Gasteiger partial charge >= 0.3 is 0 Å². The van der Waals surface area contributed by atoms with Crippen LogP contribution in [0.4, 0.5) is 4.39 Å². The van der Waals surface area contributed by atoms with E-state index in [-0.39, 0.29) is 12.6 Å². The maximum absolute atomic E-state index is 15.2. The van der Waals surface area contributed by atoms with Crippen molar-refractivity contribution in [1.29, 1.82) is 5.26 Å². The molecule has 2 aromatic rings. The molecule has 1 heterocycles. The lowest BCUT2D eigenvalue weighted by molar-refractivity contribution is -0.269. The van der Waals surface area contributed by atoms with Gasteiger partial charge in [0.15, 0.2) is 5.79 Å². The summed E-state index contributed by atoms with van der Waals surface area (Å²) in [6, 6.07) is 15.9. The first-order chi connectivity index (χ1) is 15.7. The molecule has 0 N–H and O–H groups in total. The summed E-state index contributed by atoms with van der Waals surface area (Å²) < 4.78 is 54.3. The predicted octanol–water partition coefficient (Wildman–Crippen LogP) is 4.43. The number of methoxy groups -OCH3 is 2. The summed E-state index contributed by atoms with van der Waals surface area (Å²) >= 11 is 0. The van der Waals surface area contributed by atoms with Gasteiger partial charge in [-0.1, -0.05) is 42.5 Å². The number of hydrogen-bond donors (Lipinski definition) is 0. The second-order valence-electron chi connectivity index (χ2n) is 9.09. The fraction of sp³-hybridized carbons (Fsp3) is 0.480. The Morgan fingerprint density at radius 2 is 1.79 bits per heavy atom. The van der Waals surface area contributed by atoms with Crippen molar-refractivity contribution in [1.82, 2.24) is 4.31 Å². The van der Waals surface area contributed by atoms with E-state index >= 15 is 4.39 Å². The standard InChI is InChI=1S/C25H29FN2O4S/c1-18-9-12-23(19-7-5-4-6-8-19)33(29,30)28(18)14-20-10-11-21(13-22(20)26)24(17-27)15-25(16-24,31-2)32-3/h4-8,10-11,13,18,23H,9,12,14-16H2,1-3H3/t18-,23+/m0/s1. The van der Waals surface area contributed by atoms with E-state index in [1.807, 2.05) is 37.3 Å². The Morgan fingerprint density at radius 3 is 2.36 bits per heavy atom. The second-order valence-corrected chi connectivity index (χ2v) is 11.2. The van der Waals surface area contributed by atoms with Crippen LogP contribution in [0.3, 0.4) is 0 Å². The van der Waals surface area contributed by atoms with E-state index in [9.17, 15) is 13.7 Å². The quantitative estimate of drug-likeness (QED) is 0.582. The Bertz CT molecular complexity index is 1150. The normalized spacial score (nSPS) is 25.7. The van der Waals surface area contributed by atoms with Crippen LogP contribution in [0.1, 0.15) is 54.5 Å². The summed E-state index contributed by atoms with van der Waals surface area (Å²) in [5.74, 6) is -1.35. The molecule has 0 amide bonds. The van der Waals surface area contributed by atoms with Crippen molar-refractivity contribution in [2.24, 2.45) is 0 Å². The molecular formula is C25H29FN2O4S. The van der Waals surface area contributed by atoms with Crippen LogP contribution in [0.5, 0.6) is 0 Å². The van der Waals surface area contributed by atoms with Crippen molar-refractivity contribution in [3.8, 4) is 6.07 Å². The van der Waals surface area contributed by atoms with Gasteiger partial charge in [0.2, 0.25) is 10.0 Å². The average molecular weight is 473 g/mol. The topological polar surface area (TPSA) is 79.6 Å². The molecule has 2 aromatic carbocycles. The first-order valence-corrected chi connectivity index (χ1v) is 12.6. The zero-order valence-corrected chi connectivity index (χ0v) is 19.9. The fourth-order valence-electron chi connectivity index (χ4n) is 5.08. The molecule has 0 aromatic heterocycles. The lowest BCUT2D eigenvalue weighted by Gasteiger charge is -2.50. The lowest BCUT2D eigenvalue weighted by Crippen LogP contribution is -2.56. The summed E-state index contributed by atoms with van der Waals surface area (Å²) in [7, 11) is -0.609. The van der Waals surface area contributed by atoms with Gasteiger partial charge < -0.3 is 9.47 Å². The van der Waals surface area contributed by atoms with Crippen molar-refractivity contribution in [3.63, 3.8) is 0 Å². The Morgan fingerprint density at radius 1 is 1.12 bits per heavy atom. The molecule has 8 heteroatoms. The van der Waals surface area contributed by atoms with Crippen LogP contribution in [-0.2, 0) is 31.5 Å². The van der Waals surface area contributed by atoms with E-state index in [4.69, 9.17) is 9.47 Å². The maximum Gasteiger partial charge on any atom is 0.221 e. The second kappa shape index (κ2) is 8.80. The van der Waals surface area contributed by atoms with Gasteiger partial charge in [-0.15, -0.1) is 0 Å². The average Bonchev–Trinajstić information content (AvgIpc) is 2.78. The van der Waals surface area contributed by atoms with Gasteiger partial charge in [-0.25, -0.2) is 12.8 Å². The number of nitrogens with zero attached hydrogens (tertiary/aromatic N) is 2. The number of ether oxygens (including phenoxy) is 2. The van der Waals surface area contributed by atoms with Gasteiger partial charge in [-0.2, -0.15) is 9.57 Å². The molecule has 0 bridgehead atoms. The molecule has 0 radical (unpaired) electrons. The van der Waals surface area contributed by atoms with Crippen molar-refractivity contribution in [2.75, 3.05) is 14.2 Å². The minimum Gasteiger partial charge on any atom is -0.353 e. The van der Waals surface area contributed by atoms with E-state index in [1.54, 1.807) is 12.1 Å². The van der Waals surface area contributed by atoms with E-state index in [0.29, 0.717) is 36.8 Å². The molecule has 2 atom stereocenters. The number of nitriles is 1. The smallest absolute Gasteiger partial charge is 0.221 e. The van der Waals surface area contributed by atoms with Crippen molar-refractivity contribution in [2.45, 2.75) is 61.6 Å². The van der Waals surface area contributed by atoms with Crippen molar-refractivity contribution >= 4 is 10.0 Å². The number of benzene rings is 2. The van der Waals surface area contributed by atoms with Gasteiger partial charge in [-0.3, -0.25) is 0 Å². The van der Waals surface area contributed by atoms with E-state index in [1.165, 1.54) is 24.6 Å². The first kappa shape index (κ1) is 23.8.